The lowest BCUT2D eigenvalue weighted by molar-refractivity contribution is 0.167. The third-order valence-corrected chi connectivity index (χ3v) is 2.71. The highest BCUT2D eigenvalue weighted by Gasteiger charge is 2.19. The van der Waals surface area contributed by atoms with Gasteiger partial charge in [-0.2, -0.15) is 0 Å². The van der Waals surface area contributed by atoms with Crippen LogP contribution in [0.25, 0.3) is 0 Å². The van der Waals surface area contributed by atoms with E-state index >= 15 is 0 Å². The Kier molecular flexibility index (Phi) is 2.46. The van der Waals surface area contributed by atoms with E-state index in [2.05, 4.69) is 6.07 Å². The minimum absolute atomic E-state index is 0.354. The van der Waals surface area contributed by atoms with E-state index in [0.717, 1.165) is 29.7 Å². The number of aliphatic hydroxyl groups excluding tert-OH is 1. The molecule has 0 amide bonds. The van der Waals surface area contributed by atoms with Crippen LogP contribution >= 0.6 is 0 Å². The summed E-state index contributed by atoms with van der Waals surface area (Å²) in [6.07, 6.45) is 1.37. The standard InChI is InChI=1S/C12H16O2/c1-8-6-9(2)12-10(13)4-3-5-14-11(12)7-8/h6-7,10,13H,3-5H2,1-2H3/t10-/m0/s1. The number of hydrogen-bond acceptors (Lipinski definition) is 2. The van der Waals surface area contributed by atoms with E-state index in [1.165, 1.54) is 5.56 Å². The number of hydrogen-bond donors (Lipinski definition) is 1. The van der Waals surface area contributed by atoms with E-state index in [4.69, 9.17) is 4.74 Å². The monoisotopic (exact) mass is 192 g/mol. The summed E-state index contributed by atoms with van der Waals surface area (Å²) in [5.41, 5.74) is 3.30. The maximum absolute atomic E-state index is 9.93. The second kappa shape index (κ2) is 3.62. The van der Waals surface area contributed by atoms with Gasteiger partial charge in [-0.25, -0.2) is 0 Å². The molecule has 1 N–H and O–H groups in total. The van der Waals surface area contributed by atoms with E-state index in [0.29, 0.717) is 6.61 Å². The highest BCUT2D eigenvalue weighted by atomic mass is 16.5. The van der Waals surface area contributed by atoms with E-state index < -0.39 is 0 Å². The van der Waals surface area contributed by atoms with Crippen molar-refractivity contribution in [3.8, 4) is 5.75 Å². The summed E-state index contributed by atoms with van der Waals surface area (Å²) < 4.78 is 5.62. The second-order valence-electron chi connectivity index (χ2n) is 4.00. The van der Waals surface area contributed by atoms with Crippen molar-refractivity contribution in [2.75, 3.05) is 6.61 Å². The van der Waals surface area contributed by atoms with Crippen LogP contribution in [-0.4, -0.2) is 11.7 Å². The Morgan fingerprint density at radius 2 is 2.14 bits per heavy atom. The molecule has 0 bridgehead atoms. The van der Waals surface area contributed by atoms with Crippen molar-refractivity contribution >= 4 is 0 Å². The molecule has 2 nitrogen and oxygen atoms in total. The first-order chi connectivity index (χ1) is 6.68. The van der Waals surface area contributed by atoms with E-state index in [-0.39, 0.29) is 6.10 Å². The zero-order valence-electron chi connectivity index (χ0n) is 8.71. The predicted octanol–water partition coefficient (Wildman–Crippen LogP) is 2.51. The molecule has 1 atom stereocenters. The van der Waals surface area contributed by atoms with Crippen molar-refractivity contribution in [3.63, 3.8) is 0 Å². The van der Waals surface area contributed by atoms with Crippen molar-refractivity contribution in [3.05, 3.63) is 28.8 Å². The summed E-state index contributed by atoms with van der Waals surface area (Å²) in [7, 11) is 0. The third-order valence-electron chi connectivity index (χ3n) is 2.71. The average molecular weight is 192 g/mol. The second-order valence-corrected chi connectivity index (χ2v) is 4.00. The minimum atomic E-state index is -0.354. The highest BCUT2D eigenvalue weighted by Crippen LogP contribution is 2.34. The first-order valence-electron chi connectivity index (χ1n) is 5.10. The van der Waals surface area contributed by atoms with E-state index in [1.54, 1.807) is 0 Å². The molecule has 2 rings (SSSR count). The minimum Gasteiger partial charge on any atom is -0.493 e. The van der Waals surface area contributed by atoms with Gasteiger partial charge in [-0.3, -0.25) is 0 Å². The Hall–Kier alpha value is -1.02. The van der Waals surface area contributed by atoms with Crippen LogP contribution in [0.3, 0.4) is 0 Å². The lowest BCUT2D eigenvalue weighted by Gasteiger charge is -2.14. The molecule has 0 unspecified atom stereocenters. The largest absolute Gasteiger partial charge is 0.493 e. The van der Waals surface area contributed by atoms with Gasteiger partial charge < -0.3 is 9.84 Å². The van der Waals surface area contributed by atoms with Gasteiger partial charge >= 0.3 is 0 Å². The van der Waals surface area contributed by atoms with Gasteiger partial charge in [0, 0.05) is 5.56 Å². The molecule has 0 fully saturated rings. The van der Waals surface area contributed by atoms with Crippen molar-refractivity contribution in [2.45, 2.75) is 32.8 Å². The maximum Gasteiger partial charge on any atom is 0.125 e. The first-order valence-corrected chi connectivity index (χ1v) is 5.10. The van der Waals surface area contributed by atoms with Gasteiger partial charge in [0.15, 0.2) is 0 Å². The third kappa shape index (κ3) is 1.62. The Morgan fingerprint density at radius 3 is 2.93 bits per heavy atom. The number of fused-ring (bicyclic) bond motifs is 1. The quantitative estimate of drug-likeness (QED) is 0.684. The molecule has 1 aliphatic rings. The lowest BCUT2D eigenvalue weighted by Crippen LogP contribution is -2.00. The maximum atomic E-state index is 9.93. The van der Waals surface area contributed by atoms with Crippen LogP contribution in [0.4, 0.5) is 0 Å². The molecule has 14 heavy (non-hydrogen) atoms. The van der Waals surface area contributed by atoms with Gasteiger partial charge in [0.05, 0.1) is 12.7 Å². The molecule has 1 aromatic carbocycles. The average Bonchev–Trinajstić information content (AvgIpc) is 2.27. The van der Waals surface area contributed by atoms with Gasteiger partial charge in [0.25, 0.3) is 0 Å². The Labute approximate surface area is 84.5 Å². The molecule has 0 aliphatic carbocycles. The number of ether oxygens (including phenoxy) is 1. The van der Waals surface area contributed by atoms with Crippen molar-refractivity contribution in [1.29, 1.82) is 0 Å². The summed E-state index contributed by atoms with van der Waals surface area (Å²) in [5, 5.41) is 9.93. The number of benzene rings is 1. The number of rotatable bonds is 0. The highest BCUT2D eigenvalue weighted by molar-refractivity contribution is 5.44. The molecule has 1 heterocycles. The summed E-state index contributed by atoms with van der Waals surface area (Å²) in [4.78, 5) is 0. The zero-order chi connectivity index (χ0) is 10.1. The zero-order valence-corrected chi connectivity index (χ0v) is 8.71. The van der Waals surface area contributed by atoms with Gasteiger partial charge in [-0.1, -0.05) is 6.07 Å². The molecule has 1 aromatic rings. The molecular formula is C12H16O2. The molecule has 0 saturated heterocycles. The predicted molar refractivity (Wildman–Crippen MR) is 55.6 cm³/mol. The van der Waals surface area contributed by atoms with Crippen LogP contribution in [-0.2, 0) is 0 Å². The molecular weight excluding hydrogens is 176 g/mol. The van der Waals surface area contributed by atoms with Crippen LogP contribution in [0.15, 0.2) is 12.1 Å². The fourth-order valence-electron chi connectivity index (χ4n) is 2.09. The van der Waals surface area contributed by atoms with Crippen LogP contribution in [0.1, 0.15) is 35.6 Å². The van der Waals surface area contributed by atoms with Crippen molar-refractivity contribution in [2.24, 2.45) is 0 Å². The molecule has 76 valence electrons. The first kappa shape index (κ1) is 9.53. The Balaban J connectivity index is 2.53. The lowest BCUT2D eigenvalue weighted by atomic mass is 9.98. The SMILES string of the molecule is Cc1cc(C)c2c(c1)OCCC[C@@H]2O. The Morgan fingerprint density at radius 1 is 1.36 bits per heavy atom. The Bertz CT molecular complexity index is 344. The smallest absolute Gasteiger partial charge is 0.125 e. The van der Waals surface area contributed by atoms with Crippen LogP contribution in [0, 0.1) is 13.8 Å². The van der Waals surface area contributed by atoms with Crippen LogP contribution in [0.5, 0.6) is 5.75 Å². The summed E-state index contributed by atoms with van der Waals surface area (Å²) in [6, 6.07) is 4.10. The summed E-state index contributed by atoms with van der Waals surface area (Å²) >= 11 is 0. The molecule has 0 spiro atoms. The van der Waals surface area contributed by atoms with Gasteiger partial charge in [0.2, 0.25) is 0 Å². The van der Waals surface area contributed by atoms with Crippen molar-refractivity contribution < 1.29 is 9.84 Å². The number of aliphatic hydroxyl groups is 1. The van der Waals surface area contributed by atoms with E-state index in [9.17, 15) is 5.11 Å². The fourth-order valence-corrected chi connectivity index (χ4v) is 2.09. The van der Waals surface area contributed by atoms with E-state index in [1.807, 2.05) is 19.9 Å². The fraction of sp³-hybridized carbons (Fsp3) is 0.500. The van der Waals surface area contributed by atoms with Gasteiger partial charge in [-0.05, 0) is 43.9 Å². The van der Waals surface area contributed by atoms with Crippen LogP contribution < -0.4 is 4.74 Å². The topological polar surface area (TPSA) is 29.5 Å². The summed E-state index contributed by atoms with van der Waals surface area (Å²) in [6.45, 7) is 4.80. The summed E-state index contributed by atoms with van der Waals surface area (Å²) in [5.74, 6) is 0.868. The van der Waals surface area contributed by atoms with Crippen molar-refractivity contribution in [1.82, 2.24) is 0 Å². The molecule has 0 aromatic heterocycles. The molecule has 0 saturated carbocycles. The van der Waals surface area contributed by atoms with Gasteiger partial charge in [-0.15, -0.1) is 0 Å². The number of aryl methyl sites for hydroxylation is 2. The molecule has 2 heteroatoms. The van der Waals surface area contributed by atoms with Crippen LogP contribution in [0.2, 0.25) is 0 Å². The molecule has 1 aliphatic heterocycles. The molecule has 0 radical (unpaired) electrons. The normalized spacial score (nSPS) is 20.9. The van der Waals surface area contributed by atoms with Gasteiger partial charge in [0.1, 0.15) is 5.75 Å².